The van der Waals surface area contributed by atoms with Crippen LogP contribution in [0.15, 0.2) is 48.5 Å². The van der Waals surface area contributed by atoms with Crippen molar-refractivity contribution in [1.29, 1.82) is 10.5 Å². The first-order valence-corrected chi connectivity index (χ1v) is 9.78. The van der Waals surface area contributed by atoms with Crippen molar-refractivity contribution in [2.75, 3.05) is 27.3 Å². The monoisotopic (exact) mass is 414 g/mol. The molecule has 3 rings (SSSR count). The lowest BCUT2D eigenvalue weighted by Gasteiger charge is -2.21. The Morgan fingerprint density at radius 3 is 2.29 bits per heavy atom. The van der Waals surface area contributed by atoms with Gasteiger partial charge in [0.25, 0.3) is 5.91 Å². The van der Waals surface area contributed by atoms with Crippen molar-refractivity contribution < 1.29 is 14.3 Å². The maximum absolute atomic E-state index is 13.4. The van der Waals surface area contributed by atoms with Crippen LogP contribution in [-0.4, -0.2) is 43.1 Å². The Hall–Kier alpha value is -4.10. The molecule has 0 saturated carbocycles. The number of amides is 1. The summed E-state index contributed by atoms with van der Waals surface area (Å²) in [4.78, 5) is 19.7. The number of hydrogen-bond donors (Lipinski definition) is 0. The van der Waals surface area contributed by atoms with Gasteiger partial charge in [-0.25, -0.2) is 4.98 Å². The minimum absolute atomic E-state index is 0.197. The molecule has 0 aliphatic rings. The Labute approximate surface area is 181 Å². The van der Waals surface area contributed by atoms with Gasteiger partial charge >= 0.3 is 0 Å². The number of nitrogens with zero attached hydrogens (tertiary/aromatic N) is 4. The largest absolute Gasteiger partial charge is 0.493 e. The number of benzene rings is 2. The van der Waals surface area contributed by atoms with Crippen molar-refractivity contribution in [3.63, 3.8) is 0 Å². The molecule has 156 valence electrons. The summed E-state index contributed by atoms with van der Waals surface area (Å²) in [6, 6.07) is 18.8. The van der Waals surface area contributed by atoms with E-state index < -0.39 is 0 Å². The minimum Gasteiger partial charge on any atom is -0.493 e. The van der Waals surface area contributed by atoms with Crippen molar-refractivity contribution in [2.24, 2.45) is 0 Å². The van der Waals surface area contributed by atoms with Gasteiger partial charge in [0.05, 0.1) is 56.0 Å². The van der Waals surface area contributed by atoms with E-state index in [-0.39, 0.29) is 31.8 Å². The Kier molecular flexibility index (Phi) is 7.03. The molecule has 0 unspecified atom stereocenters. The van der Waals surface area contributed by atoms with Crippen molar-refractivity contribution >= 4 is 16.8 Å². The molecule has 0 spiro atoms. The lowest BCUT2D eigenvalue weighted by Crippen LogP contribution is -2.33. The summed E-state index contributed by atoms with van der Waals surface area (Å²) in [6.07, 6.45) is 0.394. The number of methoxy groups -OCH3 is 2. The van der Waals surface area contributed by atoms with Gasteiger partial charge in [-0.1, -0.05) is 18.2 Å². The van der Waals surface area contributed by atoms with Crippen LogP contribution in [0.4, 0.5) is 0 Å². The van der Waals surface area contributed by atoms with E-state index in [1.54, 1.807) is 31.3 Å². The maximum atomic E-state index is 13.4. The highest BCUT2D eigenvalue weighted by Crippen LogP contribution is 2.33. The van der Waals surface area contributed by atoms with Crippen LogP contribution in [0.25, 0.3) is 22.2 Å². The van der Waals surface area contributed by atoms with Crippen molar-refractivity contribution in [3.8, 4) is 34.9 Å². The average molecular weight is 414 g/mol. The summed E-state index contributed by atoms with van der Waals surface area (Å²) < 4.78 is 10.7. The zero-order valence-electron chi connectivity index (χ0n) is 17.5. The molecule has 0 saturated heterocycles. The SMILES string of the molecule is COc1ccc(-c2cc(C(=O)N(CCC#N)CCC#N)c3ccccc3n2)cc1OC. The summed E-state index contributed by atoms with van der Waals surface area (Å²) >= 11 is 0. The quantitative estimate of drug-likeness (QED) is 0.548. The second-order valence-corrected chi connectivity index (χ2v) is 6.75. The predicted octanol–water partition coefficient (Wildman–Crippen LogP) is 4.19. The van der Waals surface area contributed by atoms with Gasteiger partial charge in [0, 0.05) is 24.0 Å². The molecule has 0 aliphatic carbocycles. The van der Waals surface area contributed by atoms with E-state index in [1.165, 1.54) is 0 Å². The number of aromatic nitrogens is 1. The second kappa shape index (κ2) is 10.1. The molecule has 0 atom stereocenters. The average Bonchev–Trinajstić information content (AvgIpc) is 2.82. The van der Waals surface area contributed by atoms with Gasteiger partial charge in [-0.2, -0.15) is 10.5 Å². The van der Waals surface area contributed by atoms with Crippen molar-refractivity contribution in [3.05, 3.63) is 54.1 Å². The second-order valence-electron chi connectivity index (χ2n) is 6.75. The third-order valence-corrected chi connectivity index (χ3v) is 4.90. The number of ether oxygens (including phenoxy) is 2. The standard InChI is InChI=1S/C24H22N4O3/c1-30-22-10-9-17(15-23(22)31-2)21-16-19(18-7-3-4-8-20(18)27-21)24(29)28(13-5-11-25)14-6-12-26/h3-4,7-10,15-16H,5-6,13-14H2,1-2H3. The molecule has 7 heteroatoms. The molecule has 0 bridgehead atoms. The zero-order chi connectivity index (χ0) is 22.2. The van der Waals surface area contributed by atoms with Gasteiger partial charge in [-0.05, 0) is 30.3 Å². The molecular formula is C24H22N4O3. The molecule has 0 fully saturated rings. The van der Waals surface area contributed by atoms with Gasteiger partial charge in [-0.15, -0.1) is 0 Å². The molecule has 1 amide bonds. The summed E-state index contributed by atoms with van der Waals surface area (Å²) in [6.45, 7) is 0.526. The minimum atomic E-state index is -0.231. The molecule has 1 aromatic heterocycles. The van der Waals surface area contributed by atoms with E-state index in [4.69, 9.17) is 25.0 Å². The lowest BCUT2D eigenvalue weighted by molar-refractivity contribution is 0.0764. The van der Waals surface area contributed by atoms with Gasteiger partial charge in [-0.3, -0.25) is 4.79 Å². The van der Waals surface area contributed by atoms with Crippen LogP contribution in [0, 0.1) is 22.7 Å². The van der Waals surface area contributed by atoms with Crippen LogP contribution in [0.3, 0.4) is 0 Å². The molecule has 31 heavy (non-hydrogen) atoms. The normalized spacial score (nSPS) is 10.2. The number of hydrogen-bond acceptors (Lipinski definition) is 6. The van der Waals surface area contributed by atoms with E-state index in [0.29, 0.717) is 28.3 Å². The van der Waals surface area contributed by atoms with Crippen LogP contribution >= 0.6 is 0 Å². The number of carbonyl (C=O) groups is 1. The van der Waals surface area contributed by atoms with Crippen molar-refractivity contribution in [2.45, 2.75) is 12.8 Å². The van der Waals surface area contributed by atoms with Gasteiger partial charge in [0.1, 0.15) is 0 Å². The predicted molar refractivity (Wildman–Crippen MR) is 117 cm³/mol. The van der Waals surface area contributed by atoms with Crippen LogP contribution in [0.2, 0.25) is 0 Å². The first kappa shape index (κ1) is 21.6. The Morgan fingerprint density at radius 2 is 1.65 bits per heavy atom. The zero-order valence-corrected chi connectivity index (χ0v) is 17.5. The Morgan fingerprint density at radius 1 is 0.968 bits per heavy atom. The Balaban J connectivity index is 2.12. The molecule has 7 nitrogen and oxygen atoms in total. The summed E-state index contributed by atoms with van der Waals surface area (Å²) in [7, 11) is 3.13. The molecule has 2 aromatic carbocycles. The topological polar surface area (TPSA) is 99.2 Å². The highest BCUT2D eigenvalue weighted by Gasteiger charge is 2.20. The van der Waals surface area contributed by atoms with E-state index in [1.807, 2.05) is 36.4 Å². The van der Waals surface area contributed by atoms with Crippen molar-refractivity contribution in [1.82, 2.24) is 9.88 Å². The lowest BCUT2D eigenvalue weighted by atomic mass is 10.0. The number of pyridine rings is 1. The van der Waals surface area contributed by atoms with Gasteiger partial charge in [0.15, 0.2) is 11.5 Å². The fourth-order valence-electron chi connectivity index (χ4n) is 3.35. The third-order valence-electron chi connectivity index (χ3n) is 4.90. The fraction of sp³-hybridized carbons (Fsp3) is 0.250. The van der Waals surface area contributed by atoms with E-state index in [9.17, 15) is 4.79 Å². The highest BCUT2D eigenvalue weighted by molar-refractivity contribution is 6.07. The van der Waals surface area contributed by atoms with Gasteiger partial charge < -0.3 is 14.4 Å². The summed E-state index contributed by atoms with van der Waals surface area (Å²) in [5, 5.41) is 18.6. The van der Waals surface area contributed by atoms with Crippen LogP contribution in [0.5, 0.6) is 11.5 Å². The molecule has 3 aromatic rings. The first-order chi connectivity index (χ1) is 15.1. The number of nitriles is 2. The molecule has 1 heterocycles. The van der Waals surface area contributed by atoms with Gasteiger partial charge in [0.2, 0.25) is 0 Å². The van der Waals surface area contributed by atoms with Crippen LogP contribution in [-0.2, 0) is 0 Å². The number of rotatable bonds is 8. The Bertz CT molecular complexity index is 1160. The number of carbonyl (C=O) groups excluding carboxylic acids is 1. The highest BCUT2D eigenvalue weighted by atomic mass is 16.5. The summed E-state index contributed by atoms with van der Waals surface area (Å²) in [5.41, 5.74) is 2.55. The van der Waals surface area contributed by atoms with E-state index in [0.717, 1.165) is 10.9 Å². The van der Waals surface area contributed by atoms with Crippen LogP contribution in [0.1, 0.15) is 23.2 Å². The third kappa shape index (κ3) is 4.73. The number of fused-ring (bicyclic) bond motifs is 1. The maximum Gasteiger partial charge on any atom is 0.254 e. The smallest absolute Gasteiger partial charge is 0.254 e. The molecular weight excluding hydrogens is 392 g/mol. The molecule has 0 aliphatic heterocycles. The molecule has 0 radical (unpaired) electrons. The van der Waals surface area contributed by atoms with E-state index in [2.05, 4.69) is 12.1 Å². The fourth-order valence-corrected chi connectivity index (χ4v) is 3.35. The van der Waals surface area contributed by atoms with Crippen LogP contribution < -0.4 is 9.47 Å². The summed E-state index contributed by atoms with van der Waals surface area (Å²) in [5.74, 6) is 0.931. The first-order valence-electron chi connectivity index (χ1n) is 9.78. The molecule has 0 N–H and O–H groups in total. The number of para-hydroxylation sites is 1. The van der Waals surface area contributed by atoms with E-state index >= 15 is 0 Å².